The van der Waals surface area contributed by atoms with Crippen molar-refractivity contribution in [2.24, 2.45) is 0 Å². The first-order chi connectivity index (χ1) is 12.5. The van der Waals surface area contributed by atoms with Gasteiger partial charge < -0.3 is 15.2 Å². The van der Waals surface area contributed by atoms with E-state index in [9.17, 15) is 9.90 Å². The van der Waals surface area contributed by atoms with Crippen LogP contribution in [0.25, 0.3) is 16.7 Å². The summed E-state index contributed by atoms with van der Waals surface area (Å²) in [6.07, 6.45) is 4.74. The van der Waals surface area contributed by atoms with Gasteiger partial charge in [0.15, 0.2) is 5.82 Å². The summed E-state index contributed by atoms with van der Waals surface area (Å²) in [5.74, 6) is 0.834. The highest BCUT2D eigenvalue weighted by Crippen LogP contribution is 2.29. The van der Waals surface area contributed by atoms with Crippen molar-refractivity contribution in [2.45, 2.75) is 25.4 Å². The van der Waals surface area contributed by atoms with E-state index in [4.69, 9.17) is 4.74 Å². The number of carbonyl (C=O) groups excluding carboxylic acids is 1. The topological polar surface area (TPSA) is 102 Å². The van der Waals surface area contributed by atoms with E-state index < -0.39 is 5.60 Å². The molecule has 0 aromatic carbocycles. The van der Waals surface area contributed by atoms with Gasteiger partial charge in [0.1, 0.15) is 11.4 Å². The number of rotatable bonds is 3. The standard InChI is InChI=1S/C18H19N5O3/c1-12(24)21-16-8-14-13(9-19-16)10-20-23(14)17-5-2-4-15(22-17)18(25)6-3-7-26-11-18/h2,4-5,8-10,25H,3,6-7,11H2,1H3,(H,19,21,24). The number of nitrogens with one attached hydrogen (secondary N) is 1. The maximum atomic E-state index is 11.3. The Balaban J connectivity index is 1.75. The molecule has 0 spiro atoms. The quantitative estimate of drug-likeness (QED) is 0.744. The van der Waals surface area contributed by atoms with E-state index in [0.29, 0.717) is 30.4 Å². The van der Waals surface area contributed by atoms with Gasteiger partial charge in [-0.15, -0.1) is 0 Å². The number of ether oxygens (including phenoxy) is 1. The Morgan fingerprint density at radius 2 is 2.27 bits per heavy atom. The molecule has 1 unspecified atom stereocenters. The summed E-state index contributed by atoms with van der Waals surface area (Å²) in [6, 6.07) is 7.21. The molecular formula is C18H19N5O3. The van der Waals surface area contributed by atoms with Gasteiger partial charge in [0.05, 0.1) is 24.0 Å². The molecule has 3 aromatic heterocycles. The predicted octanol–water partition coefficient (Wildman–Crippen LogP) is 1.77. The molecular weight excluding hydrogens is 334 g/mol. The highest BCUT2D eigenvalue weighted by atomic mass is 16.5. The van der Waals surface area contributed by atoms with Crippen molar-refractivity contribution in [3.8, 4) is 5.82 Å². The molecule has 1 aliphatic heterocycles. The molecule has 0 aliphatic carbocycles. The lowest BCUT2D eigenvalue weighted by Crippen LogP contribution is -2.36. The summed E-state index contributed by atoms with van der Waals surface area (Å²) in [6.45, 7) is 2.33. The lowest BCUT2D eigenvalue weighted by molar-refractivity contribution is -0.114. The summed E-state index contributed by atoms with van der Waals surface area (Å²) in [5, 5.41) is 18.7. The summed E-state index contributed by atoms with van der Waals surface area (Å²) >= 11 is 0. The monoisotopic (exact) mass is 353 g/mol. The molecule has 4 rings (SSSR count). The molecule has 1 amide bonds. The minimum atomic E-state index is -1.08. The maximum Gasteiger partial charge on any atom is 0.222 e. The van der Waals surface area contributed by atoms with Gasteiger partial charge in [-0.05, 0) is 25.0 Å². The Morgan fingerprint density at radius 3 is 3.04 bits per heavy atom. The van der Waals surface area contributed by atoms with Gasteiger partial charge in [0.25, 0.3) is 0 Å². The van der Waals surface area contributed by atoms with Gasteiger partial charge in [0, 0.05) is 31.2 Å². The molecule has 0 saturated carbocycles. The highest BCUT2D eigenvalue weighted by Gasteiger charge is 2.33. The van der Waals surface area contributed by atoms with E-state index >= 15 is 0 Å². The van der Waals surface area contributed by atoms with Crippen LogP contribution in [0.4, 0.5) is 5.82 Å². The van der Waals surface area contributed by atoms with Gasteiger partial charge >= 0.3 is 0 Å². The summed E-state index contributed by atoms with van der Waals surface area (Å²) in [4.78, 5) is 20.1. The first-order valence-corrected chi connectivity index (χ1v) is 8.45. The highest BCUT2D eigenvalue weighted by molar-refractivity contribution is 5.90. The molecule has 0 radical (unpaired) electrons. The first-order valence-electron chi connectivity index (χ1n) is 8.45. The number of amides is 1. The predicted molar refractivity (Wildman–Crippen MR) is 94.9 cm³/mol. The number of anilines is 1. The third kappa shape index (κ3) is 3.04. The molecule has 26 heavy (non-hydrogen) atoms. The number of carbonyl (C=O) groups is 1. The summed E-state index contributed by atoms with van der Waals surface area (Å²) in [7, 11) is 0. The number of fused-ring (bicyclic) bond motifs is 1. The molecule has 1 aliphatic rings. The van der Waals surface area contributed by atoms with Crippen LogP contribution in [-0.4, -0.2) is 44.0 Å². The van der Waals surface area contributed by atoms with E-state index in [1.807, 2.05) is 12.1 Å². The Bertz CT molecular complexity index is 962. The number of aromatic nitrogens is 4. The van der Waals surface area contributed by atoms with Crippen molar-refractivity contribution < 1.29 is 14.6 Å². The number of pyridine rings is 2. The number of hydrogen-bond acceptors (Lipinski definition) is 6. The van der Waals surface area contributed by atoms with Crippen LogP contribution in [0, 0.1) is 0 Å². The Morgan fingerprint density at radius 1 is 1.38 bits per heavy atom. The Hall–Kier alpha value is -2.84. The molecule has 0 bridgehead atoms. The van der Waals surface area contributed by atoms with Gasteiger partial charge in [-0.2, -0.15) is 5.10 Å². The lowest BCUT2D eigenvalue weighted by Gasteiger charge is -2.31. The average molecular weight is 353 g/mol. The van der Waals surface area contributed by atoms with Crippen LogP contribution >= 0.6 is 0 Å². The third-order valence-electron chi connectivity index (χ3n) is 4.40. The Kier molecular flexibility index (Phi) is 4.14. The molecule has 1 saturated heterocycles. The third-order valence-corrected chi connectivity index (χ3v) is 4.40. The second kappa shape index (κ2) is 6.47. The summed E-state index contributed by atoms with van der Waals surface area (Å²) < 4.78 is 7.10. The molecule has 3 aromatic rings. The minimum absolute atomic E-state index is 0.192. The van der Waals surface area contributed by atoms with Crippen LogP contribution < -0.4 is 5.32 Å². The SMILES string of the molecule is CC(=O)Nc1cc2c(cn1)cnn2-c1cccc(C2(O)CCCOC2)n1. The van der Waals surface area contributed by atoms with Crippen molar-refractivity contribution in [1.29, 1.82) is 0 Å². The first kappa shape index (κ1) is 16.6. The van der Waals surface area contributed by atoms with E-state index in [0.717, 1.165) is 17.3 Å². The number of aliphatic hydroxyl groups is 1. The zero-order valence-corrected chi connectivity index (χ0v) is 14.3. The van der Waals surface area contributed by atoms with E-state index in [2.05, 4.69) is 20.4 Å². The van der Waals surface area contributed by atoms with Gasteiger partial charge in [-0.3, -0.25) is 4.79 Å². The van der Waals surface area contributed by atoms with Gasteiger partial charge in [0.2, 0.25) is 5.91 Å². The number of hydrogen-bond donors (Lipinski definition) is 2. The molecule has 1 atom stereocenters. The molecule has 1 fully saturated rings. The van der Waals surface area contributed by atoms with Crippen LogP contribution in [0.1, 0.15) is 25.5 Å². The van der Waals surface area contributed by atoms with Crippen LogP contribution in [-0.2, 0) is 15.1 Å². The van der Waals surface area contributed by atoms with Crippen molar-refractivity contribution in [2.75, 3.05) is 18.5 Å². The fourth-order valence-corrected chi connectivity index (χ4v) is 3.13. The second-order valence-electron chi connectivity index (χ2n) is 6.43. The number of nitrogens with zero attached hydrogens (tertiary/aromatic N) is 4. The van der Waals surface area contributed by atoms with Crippen molar-refractivity contribution >= 4 is 22.6 Å². The zero-order valence-electron chi connectivity index (χ0n) is 14.3. The molecule has 8 nitrogen and oxygen atoms in total. The Labute approximate surface area is 149 Å². The minimum Gasteiger partial charge on any atom is -0.381 e. The van der Waals surface area contributed by atoms with Crippen molar-refractivity contribution in [1.82, 2.24) is 19.7 Å². The second-order valence-corrected chi connectivity index (χ2v) is 6.43. The van der Waals surface area contributed by atoms with Crippen molar-refractivity contribution in [3.63, 3.8) is 0 Å². The van der Waals surface area contributed by atoms with Crippen LogP contribution in [0.5, 0.6) is 0 Å². The van der Waals surface area contributed by atoms with Crippen LogP contribution in [0.3, 0.4) is 0 Å². The molecule has 8 heteroatoms. The molecule has 4 heterocycles. The van der Waals surface area contributed by atoms with Crippen molar-refractivity contribution in [3.05, 3.63) is 42.4 Å². The lowest BCUT2D eigenvalue weighted by atomic mass is 9.92. The maximum absolute atomic E-state index is 11.3. The van der Waals surface area contributed by atoms with E-state index in [1.54, 1.807) is 29.2 Å². The fourth-order valence-electron chi connectivity index (χ4n) is 3.13. The van der Waals surface area contributed by atoms with E-state index in [1.165, 1.54) is 6.92 Å². The fraction of sp³-hybridized carbons (Fsp3) is 0.333. The average Bonchev–Trinajstić information content (AvgIpc) is 3.05. The summed E-state index contributed by atoms with van der Waals surface area (Å²) in [5.41, 5.74) is 0.245. The largest absolute Gasteiger partial charge is 0.381 e. The van der Waals surface area contributed by atoms with Crippen LogP contribution in [0.15, 0.2) is 36.7 Å². The van der Waals surface area contributed by atoms with E-state index in [-0.39, 0.29) is 12.5 Å². The van der Waals surface area contributed by atoms with Gasteiger partial charge in [-0.25, -0.2) is 14.6 Å². The molecule has 134 valence electrons. The smallest absolute Gasteiger partial charge is 0.222 e. The van der Waals surface area contributed by atoms with Crippen LogP contribution in [0.2, 0.25) is 0 Å². The van der Waals surface area contributed by atoms with Gasteiger partial charge in [-0.1, -0.05) is 6.07 Å². The zero-order chi connectivity index (χ0) is 18.1. The normalized spacial score (nSPS) is 20.2. The molecule has 2 N–H and O–H groups in total.